The average Bonchev–Trinajstić information content (AvgIpc) is 3.02. The molecule has 2 aromatic carbocycles. The first kappa shape index (κ1) is 16.7. The van der Waals surface area contributed by atoms with Crippen LogP contribution in [0.25, 0.3) is 11.0 Å². The van der Waals surface area contributed by atoms with Crippen molar-refractivity contribution >= 4 is 40.2 Å². The summed E-state index contributed by atoms with van der Waals surface area (Å²) in [4.78, 5) is 30.2. The number of fused-ring (bicyclic) bond motifs is 1. The Morgan fingerprint density at radius 2 is 2.04 bits per heavy atom. The van der Waals surface area contributed by atoms with E-state index in [1.165, 1.54) is 7.11 Å². The molecule has 1 heterocycles. The number of halogens is 1. The van der Waals surface area contributed by atoms with Crippen LogP contribution in [0.1, 0.15) is 10.4 Å². The minimum absolute atomic E-state index is 0.247. The molecule has 0 unspecified atom stereocenters. The number of benzene rings is 2. The smallest absolute Gasteiger partial charge is 0.339 e. The quantitative estimate of drug-likeness (QED) is 0.699. The zero-order chi connectivity index (χ0) is 17.8. The molecule has 128 valence electrons. The number of para-hydroxylation sites is 1. The molecule has 1 aromatic heterocycles. The van der Waals surface area contributed by atoms with Crippen LogP contribution in [-0.4, -0.2) is 40.8 Å². The summed E-state index contributed by atoms with van der Waals surface area (Å²) in [7, 11) is 1.27. The van der Waals surface area contributed by atoms with E-state index in [2.05, 4.69) is 20.4 Å². The third-order valence-corrected chi connectivity index (χ3v) is 3.54. The number of carbonyl (C=O) groups is 2. The highest BCUT2D eigenvalue weighted by molar-refractivity contribution is 6.31. The van der Waals surface area contributed by atoms with E-state index < -0.39 is 11.9 Å². The predicted molar refractivity (Wildman–Crippen MR) is 90.4 cm³/mol. The Kier molecular flexibility index (Phi) is 4.80. The highest BCUT2D eigenvalue weighted by atomic mass is 35.5. The summed E-state index contributed by atoms with van der Waals surface area (Å²) in [5.74, 6) is -1.02. The van der Waals surface area contributed by atoms with Crippen molar-refractivity contribution in [3.05, 3.63) is 53.1 Å². The largest absolute Gasteiger partial charge is 0.465 e. The molecule has 3 aromatic rings. The molecule has 0 radical (unpaired) electrons. The first-order valence-electron chi connectivity index (χ1n) is 7.20. The topological polar surface area (TPSA) is 95.3 Å². The minimum Gasteiger partial charge on any atom is -0.465 e. The van der Waals surface area contributed by atoms with Crippen molar-refractivity contribution in [3.8, 4) is 0 Å². The van der Waals surface area contributed by atoms with Crippen LogP contribution in [0, 0.1) is 0 Å². The van der Waals surface area contributed by atoms with Crippen molar-refractivity contribution in [1.29, 1.82) is 0 Å². The van der Waals surface area contributed by atoms with Gasteiger partial charge in [-0.15, -0.1) is 5.10 Å². The Labute approximate surface area is 147 Å². The number of aromatic nitrogens is 3. The monoisotopic (exact) mass is 360 g/mol. The van der Waals surface area contributed by atoms with E-state index in [4.69, 9.17) is 16.4 Å². The molecule has 3 rings (SSSR count). The van der Waals surface area contributed by atoms with E-state index in [-0.39, 0.29) is 12.2 Å². The number of ether oxygens (including phenoxy) is 1. The molecule has 0 aliphatic rings. The normalized spacial score (nSPS) is 10.5. The summed E-state index contributed by atoms with van der Waals surface area (Å²) in [6.45, 7) is -0.333. The van der Waals surface area contributed by atoms with Gasteiger partial charge in [-0.3, -0.25) is 4.79 Å². The fraction of sp³-hybridized carbons (Fsp3) is 0.125. The highest BCUT2D eigenvalue weighted by Gasteiger charge is 2.14. The van der Waals surface area contributed by atoms with Crippen molar-refractivity contribution in [2.75, 3.05) is 19.0 Å². The Bertz CT molecular complexity index is 941. The number of anilines is 1. The lowest BCUT2D eigenvalue weighted by molar-refractivity contribution is -0.121. The number of nitrogens with zero attached hydrogens (tertiary/aromatic N) is 3. The molecule has 0 aliphatic heterocycles. The highest BCUT2D eigenvalue weighted by Crippen LogP contribution is 2.17. The third kappa shape index (κ3) is 3.69. The van der Waals surface area contributed by atoms with Gasteiger partial charge >= 0.3 is 5.97 Å². The van der Waals surface area contributed by atoms with E-state index in [1.54, 1.807) is 42.5 Å². The van der Waals surface area contributed by atoms with E-state index in [9.17, 15) is 9.59 Å². The van der Waals surface area contributed by atoms with Gasteiger partial charge in [0.1, 0.15) is 11.0 Å². The summed E-state index contributed by atoms with van der Waals surface area (Å²) in [5, 5.41) is 10.8. The lowest BCUT2D eigenvalue weighted by atomic mass is 10.2. The zero-order valence-electron chi connectivity index (χ0n) is 13.1. The Balaban J connectivity index is 1.69. The third-order valence-electron chi connectivity index (χ3n) is 3.30. The van der Waals surface area contributed by atoms with Gasteiger partial charge in [0.05, 0.1) is 18.4 Å². The van der Waals surface area contributed by atoms with E-state index in [1.807, 2.05) is 0 Å². The summed E-state index contributed by atoms with van der Waals surface area (Å²) < 4.78 is 4.68. The lowest BCUT2D eigenvalue weighted by Crippen LogP contribution is -2.26. The van der Waals surface area contributed by atoms with Gasteiger partial charge in [0.2, 0.25) is 0 Å². The maximum atomic E-state index is 12.1. The van der Waals surface area contributed by atoms with Crippen LogP contribution in [0.4, 0.5) is 5.69 Å². The van der Waals surface area contributed by atoms with Crippen molar-refractivity contribution in [2.24, 2.45) is 0 Å². The molecular weight excluding hydrogens is 348 g/mol. The van der Waals surface area contributed by atoms with Crippen LogP contribution in [0.3, 0.4) is 0 Å². The van der Waals surface area contributed by atoms with E-state index >= 15 is 0 Å². The maximum Gasteiger partial charge on any atom is 0.339 e. The average molecular weight is 361 g/mol. The summed E-state index contributed by atoms with van der Waals surface area (Å²) >= 11 is 5.93. The number of nitrogens with one attached hydrogen (secondary N) is 1. The Hall–Kier alpha value is -3.13. The predicted octanol–water partition coefficient (Wildman–Crippen LogP) is 1.94. The minimum atomic E-state index is -0.547. The molecular formula is C16H13ClN4O4. The molecule has 9 heteroatoms. The Morgan fingerprint density at radius 1 is 1.24 bits per heavy atom. The van der Waals surface area contributed by atoms with Crippen LogP contribution in [0.15, 0.2) is 42.5 Å². The fourth-order valence-corrected chi connectivity index (χ4v) is 2.32. The number of hydrogen-bond donors (Lipinski definition) is 1. The summed E-state index contributed by atoms with van der Waals surface area (Å²) in [6.07, 6.45) is 0. The van der Waals surface area contributed by atoms with Gasteiger partial charge in [-0.25, -0.2) is 4.79 Å². The van der Waals surface area contributed by atoms with Crippen molar-refractivity contribution in [1.82, 2.24) is 15.2 Å². The number of rotatable bonds is 5. The fourth-order valence-electron chi connectivity index (χ4n) is 2.15. The van der Waals surface area contributed by atoms with Crippen LogP contribution in [-0.2, 0) is 9.53 Å². The summed E-state index contributed by atoms with van der Waals surface area (Å²) in [5.41, 5.74) is 1.70. The molecule has 1 amide bonds. The van der Waals surface area contributed by atoms with Gasteiger partial charge in [-0.1, -0.05) is 28.6 Å². The second kappa shape index (κ2) is 7.18. The SMILES string of the molecule is COC(=O)c1ccccc1NC(=O)COn1nnc2ccc(Cl)cc21. The second-order valence-corrected chi connectivity index (χ2v) is 5.39. The van der Waals surface area contributed by atoms with Gasteiger partial charge in [0, 0.05) is 5.02 Å². The zero-order valence-corrected chi connectivity index (χ0v) is 13.9. The molecule has 0 saturated carbocycles. The molecule has 0 aliphatic carbocycles. The molecule has 8 nitrogen and oxygen atoms in total. The van der Waals surface area contributed by atoms with Crippen LogP contribution in [0.5, 0.6) is 0 Å². The van der Waals surface area contributed by atoms with Crippen LogP contribution in [0.2, 0.25) is 5.02 Å². The van der Waals surface area contributed by atoms with Gasteiger partial charge in [0.15, 0.2) is 6.61 Å². The first-order valence-corrected chi connectivity index (χ1v) is 7.57. The molecule has 0 bridgehead atoms. The molecule has 1 N–H and O–H groups in total. The molecule has 0 fully saturated rings. The summed E-state index contributed by atoms with van der Waals surface area (Å²) in [6, 6.07) is 11.5. The number of carbonyl (C=O) groups excluding carboxylic acids is 2. The van der Waals surface area contributed by atoms with Gasteiger partial charge in [-0.05, 0) is 35.5 Å². The van der Waals surface area contributed by atoms with Gasteiger partial charge < -0.3 is 14.9 Å². The standard InChI is InChI=1S/C16H13ClN4O4/c1-24-16(23)11-4-2-3-5-12(11)18-15(22)9-25-21-14-8-10(17)6-7-13(14)19-20-21/h2-8H,9H2,1H3,(H,18,22). The van der Waals surface area contributed by atoms with Crippen molar-refractivity contribution in [2.45, 2.75) is 0 Å². The second-order valence-electron chi connectivity index (χ2n) is 4.95. The number of hydrogen-bond acceptors (Lipinski definition) is 6. The van der Waals surface area contributed by atoms with Crippen molar-refractivity contribution < 1.29 is 19.2 Å². The molecule has 25 heavy (non-hydrogen) atoms. The Morgan fingerprint density at radius 3 is 2.84 bits per heavy atom. The van der Waals surface area contributed by atoms with Gasteiger partial charge in [0.25, 0.3) is 5.91 Å². The van der Waals surface area contributed by atoms with E-state index in [0.717, 1.165) is 4.85 Å². The molecule has 0 spiro atoms. The first-order chi connectivity index (χ1) is 12.1. The van der Waals surface area contributed by atoms with E-state index in [0.29, 0.717) is 21.7 Å². The number of amides is 1. The number of esters is 1. The molecule has 0 saturated heterocycles. The van der Waals surface area contributed by atoms with Crippen LogP contribution >= 0.6 is 11.6 Å². The number of methoxy groups -OCH3 is 1. The lowest BCUT2D eigenvalue weighted by Gasteiger charge is -2.10. The van der Waals surface area contributed by atoms with Crippen molar-refractivity contribution in [3.63, 3.8) is 0 Å². The maximum absolute atomic E-state index is 12.1. The van der Waals surface area contributed by atoms with Crippen LogP contribution < -0.4 is 10.2 Å². The van der Waals surface area contributed by atoms with Gasteiger partial charge in [-0.2, -0.15) is 0 Å². The molecule has 0 atom stereocenters.